The molecule has 174 valence electrons. The van der Waals surface area contributed by atoms with E-state index in [1.54, 1.807) is 0 Å². The molecule has 0 aromatic carbocycles. The maximum atomic E-state index is 10.3. The second-order valence-electron chi connectivity index (χ2n) is 6.08. The zero-order chi connectivity index (χ0) is 23.2. The van der Waals surface area contributed by atoms with Crippen LogP contribution in [-0.4, -0.2) is 84.0 Å². The molecule has 21 heteroatoms. The Bertz CT molecular complexity index is 930. The van der Waals surface area contributed by atoms with Gasteiger partial charge in [0.15, 0.2) is 17.7 Å². The summed E-state index contributed by atoms with van der Waals surface area (Å²) in [4.78, 5) is 68.0. The molecule has 10 N–H and O–H groups in total. The normalized spacial score (nSPS) is 25.5. The summed E-state index contributed by atoms with van der Waals surface area (Å²) in [7, 11) is -14.7. The minimum Gasteiger partial charge on any atom is -0.387 e. The predicted molar refractivity (Wildman–Crippen MR) is 107 cm³/mol. The Morgan fingerprint density at radius 1 is 1.03 bits per heavy atom. The Labute approximate surface area is 179 Å². The molecule has 2 aromatic rings. The van der Waals surface area contributed by atoms with E-state index in [1.165, 1.54) is 10.9 Å². The summed E-state index contributed by atoms with van der Waals surface area (Å²) in [5.41, 5.74) is 6.11. The van der Waals surface area contributed by atoms with Gasteiger partial charge < -0.3 is 20.7 Å². The van der Waals surface area contributed by atoms with Gasteiger partial charge in [-0.05, 0) is 0 Å². The first kappa shape index (κ1) is 25.1. The van der Waals surface area contributed by atoms with E-state index in [1.807, 2.05) is 0 Å². The van der Waals surface area contributed by atoms with Crippen LogP contribution in [0, 0.1) is 0 Å². The molecule has 0 unspecified atom stereocenters. The summed E-state index contributed by atoms with van der Waals surface area (Å²) >= 11 is 3.14. The number of thiol groups is 1. The third-order valence-corrected chi connectivity index (χ3v) is 8.41. The van der Waals surface area contributed by atoms with E-state index >= 15 is 0 Å². The molecular formula is C10H19N5O12P3S+3. The largest absolute Gasteiger partial charge is 0.664 e. The molecule has 2 aromatic heterocycles. The highest BCUT2D eigenvalue weighted by Crippen LogP contribution is 2.78. The number of aliphatic hydroxyl groups is 2. The molecule has 17 nitrogen and oxygen atoms in total. The molecule has 3 heterocycles. The second kappa shape index (κ2) is 9.04. The van der Waals surface area contributed by atoms with Crippen LogP contribution < -0.4 is 5.73 Å². The Morgan fingerprint density at radius 3 is 2.35 bits per heavy atom. The summed E-state index contributed by atoms with van der Waals surface area (Å²) < 4.78 is 19.4. The summed E-state index contributed by atoms with van der Waals surface area (Å²) in [6.07, 6.45) is -3.30. The van der Waals surface area contributed by atoms with Crippen molar-refractivity contribution in [2.75, 3.05) is 12.3 Å². The van der Waals surface area contributed by atoms with Crippen LogP contribution >= 0.6 is 35.7 Å². The molecule has 31 heavy (non-hydrogen) atoms. The minimum absolute atomic E-state index is 0.0736. The van der Waals surface area contributed by atoms with E-state index in [0.29, 0.717) is 0 Å². The number of rotatable bonds is 8. The van der Waals surface area contributed by atoms with Crippen molar-refractivity contribution in [3.8, 4) is 0 Å². The highest BCUT2D eigenvalue weighted by molar-refractivity contribution is 8.47. The van der Waals surface area contributed by atoms with Gasteiger partial charge in [-0.1, -0.05) is 0 Å². The van der Waals surface area contributed by atoms with E-state index in [0.717, 1.165) is 6.33 Å². The van der Waals surface area contributed by atoms with E-state index in [-0.39, 0.29) is 17.0 Å². The Balaban J connectivity index is 1.67. The Morgan fingerprint density at radius 2 is 1.71 bits per heavy atom. The minimum atomic E-state index is -5.15. The number of nitrogen functional groups attached to an aromatic ring is 1. The van der Waals surface area contributed by atoms with Gasteiger partial charge in [0.2, 0.25) is 0 Å². The molecular weight excluding hydrogens is 507 g/mol. The van der Waals surface area contributed by atoms with Crippen LogP contribution in [0.5, 0.6) is 0 Å². The third-order valence-electron chi connectivity index (χ3n) is 3.83. The zero-order valence-corrected chi connectivity index (χ0v) is 18.6. The Kier molecular flexibility index (Phi) is 7.33. The molecule has 1 saturated heterocycles. The number of fused-ring (bicyclic) bond motifs is 1. The first-order valence-electron chi connectivity index (χ1n) is 7.97. The van der Waals surface area contributed by atoms with Crippen molar-refractivity contribution in [2.24, 2.45) is 0 Å². The SMILES string of the molecule is Nc1ncnc2c1ncn2[C@@H]1O[C@H](CO[P+](O)(O)O[P+](O)(O)O[P+](O)(O)S)[C@@H](O)[C@H]1O. The van der Waals surface area contributed by atoms with Gasteiger partial charge in [0.1, 0.15) is 49.0 Å². The number of hydrogen-bond acceptors (Lipinski definition) is 17. The first-order chi connectivity index (χ1) is 14.2. The van der Waals surface area contributed by atoms with Crippen LogP contribution in [0.15, 0.2) is 12.7 Å². The zero-order valence-electron chi connectivity index (χ0n) is 15.0. The van der Waals surface area contributed by atoms with Crippen LogP contribution in [-0.2, 0) is 17.9 Å². The lowest BCUT2D eigenvalue weighted by atomic mass is 10.1. The molecule has 1 aliphatic rings. The van der Waals surface area contributed by atoms with Gasteiger partial charge in [-0.2, -0.15) is 29.4 Å². The number of anilines is 1. The molecule has 4 atom stereocenters. The monoisotopic (exact) mass is 526 g/mol. The number of nitrogens with zero attached hydrogens (tertiary/aromatic N) is 4. The molecule has 0 spiro atoms. The number of ether oxygens (including phenoxy) is 1. The molecule has 0 bridgehead atoms. The van der Waals surface area contributed by atoms with Gasteiger partial charge in [-0.15, -0.1) is 4.52 Å². The standard InChI is InChI=1S/C10H19N5O12P3S/c11-8-5-9(13-2-12-8)15(3-14-5)10-7(17)6(16)4(25-10)1-24-28(18,19)26-29(20,21)27-30(22,23)31/h2-4,6-7,10,16-23,31H,1H2,(H2,11,12,13)/q+3/t4-,6-,7-,10-/m1/s1. The highest BCUT2D eigenvalue weighted by Gasteiger charge is 2.68. The van der Waals surface area contributed by atoms with Crippen LogP contribution in [0.4, 0.5) is 5.82 Å². The van der Waals surface area contributed by atoms with Crippen molar-refractivity contribution in [2.45, 2.75) is 24.5 Å². The number of aliphatic hydroxyl groups excluding tert-OH is 2. The fraction of sp³-hybridized carbons (Fsp3) is 0.500. The molecule has 0 radical (unpaired) electrons. The molecule has 0 amide bonds. The van der Waals surface area contributed by atoms with Gasteiger partial charge >= 0.3 is 23.5 Å². The second-order valence-corrected chi connectivity index (χ2v) is 12.2. The van der Waals surface area contributed by atoms with Crippen molar-refractivity contribution in [3.63, 3.8) is 0 Å². The van der Waals surface area contributed by atoms with Crippen LogP contribution in [0.1, 0.15) is 6.23 Å². The van der Waals surface area contributed by atoms with Crippen molar-refractivity contribution in [1.29, 1.82) is 0 Å². The quantitative estimate of drug-likeness (QED) is 0.131. The lowest BCUT2D eigenvalue weighted by Gasteiger charge is -2.16. The average molecular weight is 526 g/mol. The number of hydrogen-bond donors (Lipinski definition) is 10. The topological polar surface area (TPSA) is 268 Å². The van der Waals surface area contributed by atoms with E-state index in [9.17, 15) is 29.8 Å². The summed E-state index contributed by atoms with van der Waals surface area (Å²) in [5, 5.41) is 20.5. The van der Waals surface area contributed by atoms with E-state index in [2.05, 4.69) is 40.3 Å². The summed E-state index contributed by atoms with van der Waals surface area (Å²) in [6, 6.07) is 0. The number of aromatic nitrogens is 4. The lowest BCUT2D eigenvalue weighted by Crippen LogP contribution is -2.33. The smallest absolute Gasteiger partial charge is 0.387 e. The van der Waals surface area contributed by atoms with Gasteiger partial charge in [0, 0.05) is 0 Å². The molecule has 0 saturated carbocycles. The molecule has 0 aliphatic carbocycles. The maximum Gasteiger partial charge on any atom is 0.664 e. The van der Waals surface area contributed by atoms with Gasteiger partial charge in [0.25, 0.3) is 0 Å². The Hall–Kier alpha value is -0.490. The first-order valence-corrected chi connectivity index (χ1v) is 13.8. The van der Waals surface area contributed by atoms with Crippen molar-refractivity contribution < 1.29 is 57.5 Å². The van der Waals surface area contributed by atoms with E-state index < -0.39 is 54.6 Å². The fourth-order valence-corrected chi connectivity index (χ4v) is 6.67. The van der Waals surface area contributed by atoms with Gasteiger partial charge in [-0.25, -0.2) is 15.0 Å². The van der Waals surface area contributed by atoms with Crippen LogP contribution in [0.3, 0.4) is 0 Å². The summed E-state index contributed by atoms with van der Waals surface area (Å²) in [6.45, 7) is -0.807. The van der Waals surface area contributed by atoms with Crippen LogP contribution in [0.25, 0.3) is 11.2 Å². The van der Waals surface area contributed by atoms with Gasteiger partial charge in [0.05, 0.1) is 14.9 Å². The average Bonchev–Trinajstić information content (AvgIpc) is 3.13. The maximum absolute atomic E-state index is 10.3. The molecule has 3 rings (SSSR count). The lowest BCUT2D eigenvalue weighted by molar-refractivity contribution is -0.0523. The predicted octanol–water partition coefficient (Wildman–Crippen LogP) is -2.01. The number of nitrogens with two attached hydrogens (primary N) is 1. The third kappa shape index (κ3) is 6.10. The molecule has 1 fully saturated rings. The van der Waals surface area contributed by atoms with E-state index in [4.69, 9.17) is 20.3 Å². The van der Waals surface area contributed by atoms with Crippen molar-refractivity contribution in [3.05, 3.63) is 12.7 Å². The van der Waals surface area contributed by atoms with Crippen LogP contribution in [0.2, 0.25) is 0 Å². The van der Waals surface area contributed by atoms with Crippen molar-refractivity contribution in [1.82, 2.24) is 19.5 Å². The molecule has 1 aliphatic heterocycles. The number of imidazole rings is 1. The summed E-state index contributed by atoms with van der Waals surface area (Å²) in [5.74, 6) is 0.0736. The van der Waals surface area contributed by atoms with Gasteiger partial charge in [-0.3, -0.25) is 4.57 Å². The highest BCUT2D eigenvalue weighted by atomic mass is 32.7. The van der Waals surface area contributed by atoms with Crippen molar-refractivity contribution >= 4 is 52.7 Å². The fourth-order valence-electron chi connectivity index (χ4n) is 2.64.